The average molecular weight is 312 g/mol. The first-order valence-electron chi connectivity index (χ1n) is 8.12. The number of carbonyl (C=O) groups excluding carboxylic acids is 1. The summed E-state index contributed by atoms with van der Waals surface area (Å²) in [5.74, 6) is -0.361. The zero-order valence-electron chi connectivity index (χ0n) is 14.9. The van der Waals surface area contributed by atoms with Crippen LogP contribution in [0.3, 0.4) is 0 Å². The Morgan fingerprint density at radius 3 is 2.18 bits per heavy atom. The molecule has 1 saturated heterocycles. The molecule has 0 spiro atoms. The second kappa shape index (κ2) is 6.99. The fourth-order valence-corrected chi connectivity index (χ4v) is 3.14. The molecule has 1 aliphatic heterocycles. The molecule has 1 rings (SSSR count). The van der Waals surface area contributed by atoms with Gasteiger partial charge >= 0.3 is 5.97 Å². The summed E-state index contributed by atoms with van der Waals surface area (Å²) in [6.45, 7) is 13.7. The molecule has 1 fully saturated rings. The topological polar surface area (TPSA) is 69.6 Å². The van der Waals surface area contributed by atoms with Gasteiger partial charge in [0.1, 0.15) is 0 Å². The minimum atomic E-state index is -0.808. The molecule has 0 aliphatic carbocycles. The zero-order valence-corrected chi connectivity index (χ0v) is 14.9. The van der Waals surface area contributed by atoms with Crippen molar-refractivity contribution in [3.05, 3.63) is 0 Å². The summed E-state index contributed by atoms with van der Waals surface area (Å²) in [4.78, 5) is 25.2. The van der Waals surface area contributed by atoms with Crippen LogP contribution in [0, 0.1) is 16.7 Å². The third-order valence-electron chi connectivity index (χ3n) is 3.89. The Kier molecular flexibility index (Phi) is 6.02. The quantitative estimate of drug-likeness (QED) is 0.836. The second-order valence-electron chi connectivity index (χ2n) is 8.87. The molecule has 22 heavy (non-hydrogen) atoms. The summed E-state index contributed by atoms with van der Waals surface area (Å²) >= 11 is 0. The number of carboxylic acid groups (broad SMARTS) is 1. The monoisotopic (exact) mass is 312 g/mol. The molecule has 2 atom stereocenters. The van der Waals surface area contributed by atoms with Crippen LogP contribution in [-0.2, 0) is 9.59 Å². The number of carboxylic acids is 1. The summed E-state index contributed by atoms with van der Waals surface area (Å²) in [7, 11) is 0. The lowest BCUT2D eigenvalue weighted by Crippen LogP contribution is -2.54. The Morgan fingerprint density at radius 1 is 1.14 bits per heavy atom. The van der Waals surface area contributed by atoms with Crippen LogP contribution in [-0.4, -0.2) is 47.6 Å². The fourth-order valence-electron chi connectivity index (χ4n) is 3.14. The maximum absolute atomic E-state index is 12.2. The number of nitrogens with one attached hydrogen (secondary N) is 1. The van der Waals surface area contributed by atoms with Gasteiger partial charge in [0.2, 0.25) is 5.91 Å². The Labute approximate surface area is 134 Å². The number of piperidine rings is 1. The van der Waals surface area contributed by atoms with Crippen molar-refractivity contribution in [3.63, 3.8) is 0 Å². The molecular formula is C17H32N2O3. The van der Waals surface area contributed by atoms with Crippen LogP contribution < -0.4 is 5.32 Å². The van der Waals surface area contributed by atoms with E-state index in [-0.39, 0.29) is 23.9 Å². The van der Waals surface area contributed by atoms with Gasteiger partial charge in [-0.1, -0.05) is 41.5 Å². The molecule has 5 nitrogen and oxygen atoms in total. The third-order valence-corrected chi connectivity index (χ3v) is 3.89. The van der Waals surface area contributed by atoms with Crippen molar-refractivity contribution < 1.29 is 14.7 Å². The second-order valence-corrected chi connectivity index (χ2v) is 8.87. The van der Waals surface area contributed by atoms with E-state index in [4.69, 9.17) is 5.11 Å². The highest BCUT2D eigenvalue weighted by Gasteiger charge is 2.33. The van der Waals surface area contributed by atoms with Crippen molar-refractivity contribution in [3.8, 4) is 0 Å². The lowest BCUT2D eigenvalue weighted by molar-refractivity contribution is -0.139. The van der Waals surface area contributed by atoms with Gasteiger partial charge in [-0.2, -0.15) is 0 Å². The van der Waals surface area contributed by atoms with Gasteiger partial charge in [-0.15, -0.1) is 0 Å². The van der Waals surface area contributed by atoms with Crippen molar-refractivity contribution >= 4 is 11.9 Å². The number of nitrogens with zero attached hydrogens (tertiary/aromatic N) is 1. The van der Waals surface area contributed by atoms with Gasteiger partial charge < -0.3 is 10.4 Å². The molecule has 0 aromatic heterocycles. The first-order chi connectivity index (χ1) is 9.87. The molecule has 128 valence electrons. The molecule has 0 saturated carbocycles. The van der Waals surface area contributed by atoms with E-state index in [2.05, 4.69) is 26.1 Å². The van der Waals surface area contributed by atoms with E-state index in [9.17, 15) is 9.59 Å². The molecule has 1 heterocycles. The van der Waals surface area contributed by atoms with Crippen molar-refractivity contribution in [2.45, 2.75) is 60.4 Å². The Hall–Kier alpha value is -1.10. The van der Waals surface area contributed by atoms with Crippen molar-refractivity contribution in [2.75, 3.05) is 19.6 Å². The predicted molar refractivity (Wildman–Crippen MR) is 87.6 cm³/mol. The molecule has 0 aromatic rings. The molecule has 1 amide bonds. The summed E-state index contributed by atoms with van der Waals surface area (Å²) < 4.78 is 0. The predicted octanol–water partition coefficient (Wildman–Crippen LogP) is 2.36. The highest BCUT2D eigenvalue weighted by molar-refractivity contribution is 5.81. The summed E-state index contributed by atoms with van der Waals surface area (Å²) in [5.41, 5.74) is -0.218. The number of carbonyl (C=O) groups is 2. The highest BCUT2D eigenvalue weighted by atomic mass is 16.4. The molecule has 2 N–H and O–H groups in total. The van der Waals surface area contributed by atoms with Crippen LogP contribution in [0.25, 0.3) is 0 Å². The molecule has 0 radical (unpaired) electrons. The molecule has 0 bridgehead atoms. The van der Waals surface area contributed by atoms with Gasteiger partial charge in [-0.3, -0.25) is 14.5 Å². The van der Waals surface area contributed by atoms with Crippen LogP contribution in [0.2, 0.25) is 0 Å². The standard InChI is InChI=1S/C17H32N2O3/c1-16(2,3)8-12-7-13(18-15(22)17(4,5)6)10-19(9-12)11-14(20)21/h12-13H,7-11H2,1-6H3,(H,18,22)(H,20,21). The Balaban J connectivity index is 2.74. The van der Waals surface area contributed by atoms with Gasteiger partial charge in [-0.05, 0) is 24.2 Å². The Bertz CT molecular complexity index is 407. The Morgan fingerprint density at radius 2 is 1.73 bits per heavy atom. The third kappa shape index (κ3) is 6.77. The van der Waals surface area contributed by atoms with Crippen LogP contribution in [0.5, 0.6) is 0 Å². The van der Waals surface area contributed by atoms with Gasteiger partial charge in [0.15, 0.2) is 0 Å². The van der Waals surface area contributed by atoms with Crippen molar-refractivity contribution in [2.24, 2.45) is 16.7 Å². The van der Waals surface area contributed by atoms with Crippen LogP contribution in [0.4, 0.5) is 0 Å². The minimum absolute atomic E-state index is 0.0317. The highest BCUT2D eigenvalue weighted by Crippen LogP contribution is 2.30. The van der Waals surface area contributed by atoms with Crippen LogP contribution in [0.1, 0.15) is 54.4 Å². The maximum Gasteiger partial charge on any atom is 0.317 e. The number of hydrogen-bond acceptors (Lipinski definition) is 3. The van der Waals surface area contributed by atoms with Gasteiger partial charge in [0.05, 0.1) is 6.54 Å². The number of amides is 1. The van der Waals surface area contributed by atoms with E-state index in [0.717, 1.165) is 19.4 Å². The molecule has 0 aromatic carbocycles. The fraction of sp³-hybridized carbons (Fsp3) is 0.882. The van der Waals surface area contributed by atoms with E-state index in [1.807, 2.05) is 25.7 Å². The van der Waals surface area contributed by atoms with E-state index < -0.39 is 11.4 Å². The average Bonchev–Trinajstić information content (AvgIpc) is 2.23. The summed E-state index contributed by atoms with van der Waals surface area (Å²) in [6, 6.07) is 0.0344. The number of aliphatic carboxylic acids is 1. The van der Waals surface area contributed by atoms with Gasteiger partial charge in [0.25, 0.3) is 0 Å². The van der Waals surface area contributed by atoms with Crippen LogP contribution >= 0.6 is 0 Å². The lowest BCUT2D eigenvalue weighted by atomic mass is 9.80. The van der Waals surface area contributed by atoms with E-state index >= 15 is 0 Å². The van der Waals surface area contributed by atoms with E-state index in [1.54, 1.807) is 0 Å². The minimum Gasteiger partial charge on any atom is -0.480 e. The van der Waals surface area contributed by atoms with E-state index in [0.29, 0.717) is 12.5 Å². The van der Waals surface area contributed by atoms with Gasteiger partial charge in [0, 0.05) is 24.5 Å². The first-order valence-corrected chi connectivity index (χ1v) is 8.12. The summed E-state index contributed by atoms with van der Waals surface area (Å²) in [6.07, 6.45) is 1.96. The van der Waals surface area contributed by atoms with Crippen LogP contribution in [0.15, 0.2) is 0 Å². The number of hydrogen-bond donors (Lipinski definition) is 2. The molecule has 1 aliphatic rings. The SMILES string of the molecule is CC(C)(C)CC1CC(NC(=O)C(C)(C)C)CN(CC(=O)O)C1. The summed E-state index contributed by atoms with van der Waals surface area (Å²) in [5, 5.41) is 12.2. The number of rotatable bonds is 4. The van der Waals surface area contributed by atoms with Crippen molar-refractivity contribution in [1.29, 1.82) is 0 Å². The smallest absolute Gasteiger partial charge is 0.317 e. The van der Waals surface area contributed by atoms with E-state index in [1.165, 1.54) is 0 Å². The zero-order chi connectivity index (χ0) is 17.1. The first kappa shape index (κ1) is 18.9. The van der Waals surface area contributed by atoms with Gasteiger partial charge in [-0.25, -0.2) is 0 Å². The largest absolute Gasteiger partial charge is 0.480 e. The maximum atomic E-state index is 12.2. The molecule has 5 heteroatoms. The lowest BCUT2D eigenvalue weighted by Gasteiger charge is -2.40. The molecular weight excluding hydrogens is 280 g/mol. The molecule has 2 unspecified atom stereocenters. The normalized spacial score (nSPS) is 24.1. The number of likely N-dealkylation sites (tertiary alicyclic amines) is 1. The van der Waals surface area contributed by atoms with Crippen molar-refractivity contribution in [1.82, 2.24) is 10.2 Å².